The molecule has 0 saturated carbocycles. The van der Waals surface area contributed by atoms with Gasteiger partial charge in [0.2, 0.25) is 0 Å². The number of carbonyl (C=O) groups is 1. The molecule has 70 valence electrons. The summed E-state index contributed by atoms with van der Waals surface area (Å²) in [5.74, 6) is 0. The Balaban J connectivity index is 2.47. The average molecular weight is 182 g/mol. The first-order chi connectivity index (χ1) is 6.34. The Hall–Kier alpha value is -1.62. The molecule has 0 saturated heterocycles. The molecule has 1 aliphatic rings. The number of hydrogen-bond donors (Lipinski definition) is 1. The minimum atomic E-state index is -0.535. The van der Waals surface area contributed by atoms with Gasteiger partial charge in [0.25, 0.3) is 0 Å². The van der Waals surface area contributed by atoms with Crippen LogP contribution in [0.3, 0.4) is 0 Å². The third-order valence-electron chi connectivity index (χ3n) is 1.26. The number of carbonyl (C=O) groups excluding carboxylic acids is 1. The molecule has 0 aromatic rings. The van der Waals surface area contributed by atoms with Crippen molar-refractivity contribution < 1.29 is 14.6 Å². The van der Waals surface area contributed by atoms with Crippen molar-refractivity contribution in [2.45, 2.75) is 0 Å². The summed E-state index contributed by atoms with van der Waals surface area (Å²) in [7, 11) is 0. The van der Waals surface area contributed by atoms with Gasteiger partial charge >= 0.3 is 6.09 Å². The SMILES string of the molecule is O=C(OCCO)N1C=CC=NC=C1. The lowest BCUT2D eigenvalue weighted by atomic mass is 10.6. The van der Waals surface area contributed by atoms with Crippen molar-refractivity contribution in [1.82, 2.24) is 4.90 Å². The largest absolute Gasteiger partial charge is 0.446 e. The summed E-state index contributed by atoms with van der Waals surface area (Å²) in [4.78, 5) is 16.2. The second kappa shape index (κ2) is 5.10. The molecule has 1 amide bonds. The fourth-order valence-electron chi connectivity index (χ4n) is 0.720. The zero-order valence-corrected chi connectivity index (χ0v) is 6.96. The van der Waals surface area contributed by atoms with Gasteiger partial charge in [0.1, 0.15) is 6.61 Å². The molecule has 0 aliphatic carbocycles. The predicted molar refractivity (Wildman–Crippen MR) is 47.0 cm³/mol. The van der Waals surface area contributed by atoms with Crippen molar-refractivity contribution in [3.05, 3.63) is 24.7 Å². The van der Waals surface area contributed by atoms with E-state index in [-0.39, 0.29) is 13.2 Å². The van der Waals surface area contributed by atoms with E-state index in [0.29, 0.717) is 0 Å². The maximum absolute atomic E-state index is 11.1. The first-order valence-corrected chi connectivity index (χ1v) is 3.77. The Bertz CT molecular complexity index is 242. The molecule has 1 heterocycles. The van der Waals surface area contributed by atoms with Crippen LogP contribution < -0.4 is 0 Å². The van der Waals surface area contributed by atoms with Gasteiger partial charge in [0.15, 0.2) is 0 Å². The number of aliphatic hydroxyl groups excluding tert-OH is 1. The smallest absolute Gasteiger partial charge is 0.418 e. The minimum Gasteiger partial charge on any atom is -0.446 e. The summed E-state index contributed by atoms with van der Waals surface area (Å²) in [5, 5.41) is 8.41. The minimum absolute atomic E-state index is 0.00211. The second-order valence-corrected chi connectivity index (χ2v) is 2.18. The molecule has 5 heteroatoms. The van der Waals surface area contributed by atoms with Gasteiger partial charge in [0.05, 0.1) is 6.61 Å². The Morgan fingerprint density at radius 1 is 1.54 bits per heavy atom. The summed E-state index contributed by atoms with van der Waals surface area (Å²) in [5.41, 5.74) is 0. The fraction of sp³-hybridized carbons (Fsp3) is 0.250. The summed E-state index contributed by atoms with van der Waals surface area (Å²) in [6, 6.07) is 0. The van der Waals surface area contributed by atoms with E-state index in [1.165, 1.54) is 23.5 Å². The zero-order valence-electron chi connectivity index (χ0n) is 6.96. The van der Waals surface area contributed by atoms with Gasteiger partial charge in [-0.25, -0.2) is 4.79 Å². The first-order valence-electron chi connectivity index (χ1n) is 3.77. The molecule has 0 radical (unpaired) electrons. The van der Waals surface area contributed by atoms with Crippen molar-refractivity contribution in [3.63, 3.8) is 0 Å². The van der Waals surface area contributed by atoms with E-state index in [0.717, 1.165) is 0 Å². The van der Waals surface area contributed by atoms with Gasteiger partial charge in [-0.3, -0.25) is 9.89 Å². The normalized spacial score (nSPS) is 14.4. The Labute approximate surface area is 75.6 Å². The van der Waals surface area contributed by atoms with Crippen molar-refractivity contribution in [2.75, 3.05) is 13.2 Å². The molecule has 0 aromatic carbocycles. The van der Waals surface area contributed by atoms with Crippen LogP contribution in [0, 0.1) is 0 Å². The van der Waals surface area contributed by atoms with Gasteiger partial charge in [-0.2, -0.15) is 0 Å². The van der Waals surface area contributed by atoms with Gasteiger partial charge in [-0.15, -0.1) is 0 Å². The van der Waals surface area contributed by atoms with E-state index in [1.54, 1.807) is 12.3 Å². The lowest BCUT2D eigenvalue weighted by molar-refractivity contribution is 0.104. The Kier molecular flexibility index (Phi) is 3.72. The highest BCUT2D eigenvalue weighted by Gasteiger charge is 2.08. The number of ether oxygens (including phenoxy) is 1. The number of rotatable bonds is 2. The van der Waals surface area contributed by atoms with Gasteiger partial charge in [-0.1, -0.05) is 0 Å². The highest BCUT2D eigenvalue weighted by Crippen LogP contribution is 1.99. The van der Waals surface area contributed by atoms with Gasteiger partial charge in [0, 0.05) is 24.8 Å². The van der Waals surface area contributed by atoms with Crippen LogP contribution in [0.15, 0.2) is 29.7 Å². The van der Waals surface area contributed by atoms with Crippen LogP contribution in [0.25, 0.3) is 0 Å². The van der Waals surface area contributed by atoms with Gasteiger partial charge < -0.3 is 9.84 Å². The maximum Gasteiger partial charge on any atom is 0.418 e. The lowest BCUT2D eigenvalue weighted by Crippen LogP contribution is -2.22. The van der Waals surface area contributed by atoms with Crippen LogP contribution in [0.1, 0.15) is 0 Å². The number of amides is 1. The summed E-state index contributed by atoms with van der Waals surface area (Å²) in [6.07, 6.45) is 7.09. The van der Waals surface area contributed by atoms with E-state index >= 15 is 0 Å². The summed E-state index contributed by atoms with van der Waals surface area (Å²) >= 11 is 0. The molecule has 1 aliphatic heterocycles. The number of aliphatic imine (C=N–C) groups is 1. The number of hydrogen-bond acceptors (Lipinski definition) is 4. The van der Waals surface area contributed by atoms with Crippen molar-refractivity contribution in [3.8, 4) is 0 Å². The monoisotopic (exact) mass is 182 g/mol. The maximum atomic E-state index is 11.1. The van der Waals surface area contributed by atoms with Crippen molar-refractivity contribution in [2.24, 2.45) is 4.99 Å². The highest BCUT2D eigenvalue weighted by atomic mass is 16.6. The third kappa shape index (κ3) is 3.08. The van der Waals surface area contributed by atoms with Gasteiger partial charge in [-0.05, 0) is 6.08 Å². The van der Waals surface area contributed by atoms with Crippen LogP contribution in [-0.4, -0.2) is 35.5 Å². The summed E-state index contributed by atoms with van der Waals surface area (Å²) < 4.78 is 4.67. The molecule has 0 fully saturated rings. The predicted octanol–water partition coefficient (Wildman–Crippen LogP) is 0.487. The Morgan fingerprint density at radius 3 is 3.15 bits per heavy atom. The number of aliphatic hydroxyl groups is 1. The highest BCUT2D eigenvalue weighted by molar-refractivity contribution is 5.76. The van der Waals surface area contributed by atoms with Crippen LogP contribution in [0.4, 0.5) is 4.79 Å². The topological polar surface area (TPSA) is 62.1 Å². The average Bonchev–Trinajstić information content (AvgIpc) is 2.42. The van der Waals surface area contributed by atoms with Crippen LogP contribution >= 0.6 is 0 Å². The zero-order chi connectivity index (χ0) is 9.52. The molecule has 0 bridgehead atoms. The first kappa shape index (κ1) is 9.47. The molecule has 5 nitrogen and oxygen atoms in total. The van der Waals surface area contributed by atoms with Crippen LogP contribution in [-0.2, 0) is 4.74 Å². The van der Waals surface area contributed by atoms with E-state index in [9.17, 15) is 4.79 Å². The fourth-order valence-corrected chi connectivity index (χ4v) is 0.720. The van der Waals surface area contributed by atoms with E-state index < -0.39 is 6.09 Å². The van der Waals surface area contributed by atoms with Crippen molar-refractivity contribution >= 4 is 12.3 Å². The quantitative estimate of drug-likeness (QED) is 0.675. The molecule has 0 unspecified atom stereocenters. The lowest BCUT2D eigenvalue weighted by Gasteiger charge is -2.11. The third-order valence-corrected chi connectivity index (χ3v) is 1.26. The van der Waals surface area contributed by atoms with Crippen molar-refractivity contribution in [1.29, 1.82) is 0 Å². The molecule has 13 heavy (non-hydrogen) atoms. The van der Waals surface area contributed by atoms with E-state index in [2.05, 4.69) is 9.73 Å². The molecule has 0 spiro atoms. The van der Waals surface area contributed by atoms with E-state index in [4.69, 9.17) is 5.11 Å². The number of allylic oxidation sites excluding steroid dienone is 1. The Morgan fingerprint density at radius 2 is 2.38 bits per heavy atom. The molecule has 1 rings (SSSR count). The van der Waals surface area contributed by atoms with Crippen LogP contribution in [0.2, 0.25) is 0 Å². The molecule has 0 atom stereocenters. The molecular formula is C8H10N2O3. The van der Waals surface area contributed by atoms with Crippen LogP contribution in [0.5, 0.6) is 0 Å². The summed E-state index contributed by atoms with van der Waals surface area (Å²) in [6.45, 7) is -0.179. The standard InChI is InChI=1S/C8H10N2O3/c11-6-7-13-8(12)10-4-1-2-9-3-5-10/h1-5,11H,6-7H2. The second-order valence-electron chi connectivity index (χ2n) is 2.18. The molecule has 1 N–H and O–H groups in total. The van der Waals surface area contributed by atoms with E-state index in [1.807, 2.05) is 0 Å². The molecular weight excluding hydrogens is 172 g/mol. The molecule has 0 aromatic heterocycles. The number of nitrogens with zero attached hydrogens (tertiary/aromatic N) is 2.